The first-order valence-electron chi connectivity index (χ1n) is 13.1. The van der Waals surface area contributed by atoms with Crippen molar-refractivity contribution in [3.63, 3.8) is 0 Å². The number of likely N-dealkylation sites (tertiary alicyclic amines) is 1. The molecule has 1 aromatic heterocycles. The van der Waals surface area contributed by atoms with Crippen LogP contribution in [0.5, 0.6) is 5.75 Å². The Morgan fingerprint density at radius 3 is 2.67 bits per heavy atom. The first kappa shape index (κ1) is 31.8. The first-order valence-corrected chi connectivity index (χ1v) is 15.4. The molecule has 4 rings (SSSR count). The molecule has 1 aliphatic heterocycles. The third kappa shape index (κ3) is 8.26. The van der Waals surface area contributed by atoms with Gasteiger partial charge in [0.1, 0.15) is 18.5 Å². The van der Waals surface area contributed by atoms with Crippen LogP contribution in [0.15, 0.2) is 41.3 Å². The van der Waals surface area contributed by atoms with Crippen LogP contribution < -0.4 is 20.5 Å². The van der Waals surface area contributed by atoms with Gasteiger partial charge in [-0.25, -0.2) is 17.9 Å². The molecular weight excluding hydrogens is 596 g/mol. The highest BCUT2D eigenvalue weighted by Gasteiger charge is 2.32. The van der Waals surface area contributed by atoms with E-state index >= 15 is 0 Å². The largest absolute Gasteiger partial charge is 0.489 e. The number of thiophene rings is 1. The van der Waals surface area contributed by atoms with Gasteiger partial charge in [-0.15, -0.1) is 11.3 Å². The molecule has 2 aromatic carbocycles. The summed E-state index contributed by atoms with van der Waals surface area (Å²) >= 11 is 1.13. The van der Waals surface area contributed by atoms with Crippen LogP contribution in [0.25, 0.3) is 10.1 Å². The number of piperidine rings is 1. The number of anilines is 2. The Bertz CT molecular complexity index is 1570. The number of hydrogen-bond acceptors (Lipinski definition) is 8. The van der Waals surface area contributed by atoms with Crippen molar-refractivity contribution in [2.45, 2.75) is 36.1 Å². The maximum absolute atomic E-state index is 14.7. The van der Waals surface area contributed by atoms with Crippen LogP contribution in [-0.2, 0) is 21.2 Å². The fourth-order valence-electron chi connectivity index (χ4n) is 4.62. The lowest BCUT2D eigenvalue weighted by atomic mass is 10.0. The van der Waals surface area contributed by atoms with Crippen molar-refractivity contribution in [1.82, 2.24) is 4.90 Å². The summed E-state index contributed by atoms with van der Waals surface area (Å²) in [5, 5.41) is 11.9. The second kappa shape index (κ2) is 13.5. The van der Waals surface area contributed by atoms with E-state index in [4.69, 9.17) is 14.6 Å². The molecule has 4 N–H and O–H groups in total. The van der Waals surface area contributed by atoms with E-state index in [0.29, 0.717) is 34.4 Å². The minimum absolute atomic E-state index is 0.0271. The van der Waals surface area contributed by atoms with Crippen LogP contribution >= 0.6 is 11.3 Å². The Morgan fingerprint density at radius 2 is 1.98 bits per heavy atom. The predicted octanol–water partition coefficient (Wildman–Crippen LogP) is 4.60. The van der Waals surface area contributed by atoms with Gasteiger partial charge in [0.2, 0.25) is 10.0 Å². The van der Waals surface area contributed by atoms with Crippen molar-refractivity contribution in [2.24, 2.45) is 5.14 Å². The van der Waals surface area contributed by atoms with E-state index in [1.165, 1.54) is 25.3 Å². The zero-order valence-electron chi connectivity index (χ0n) is 23.1. The van der Waals surface area contributed by atoms with Gasteiger partial charge in [0.05, 0.1) is 51.5 Å². The quantitative estimate of drug-likeness (QED) is 0.171. The third-order valence-electron chi connectivity index (χ3n) is 6.68. The molecular formula is C28H32F4N4O4S2. The molecule has 0 aliphatic carbocycles. The molecule has 42 heavy (non-hydrogen) atoms. The van der Waals surface area contributed by atoms with Crippen LogP contribution in [0.2, 0.25) is 0 Å². The number of benzene rings is 2. The topological polar surface area (TPSA) is 106 Å². The Morgan fingerprint density at radius 1 is 1.19 bits per heavy atom. The highest BCUT2D eigenvalue weighted by Crippen LogP contribution is 2.39. The van der Waals surface area contributed by atoms with Gasteiger partial charge >= 0.3 is 6.18 Å². The second-order valence-electron chi connectivity index (χ2n) is 9.90. The molecule has 0 spiro atoms. The highest BCUT2D eigenvalue weighted by molar-refractivity contribution is 7.89. The molecule has 2 heterocycles. The average molecular weight is 629 g/mol. The molecule has 8 nitrogen and oxygen atoms in total. The van der Waals surface area contributed by atoms with Crippen molar-refractivity contribution < 1.29 is 35.5 Å². The second-order valence-corrected chi connectivity index (χ2v) is 12.5. The number of alkyl halides is 4. The van der Waals surface area contributed by atoms with Crippen LogP contribution in [0.4, 0.5) is 28.9 Å². The Kier molecular flexibility index (Phi) is 10.2. The monoisotopic (exact) mass is 628 g/mol. The van der Waals surface area contributed by atoms with Crippen molar-refractivity contribution in [1.29, 1.82) is 0 Å². The van der Waals surface area contributed by atoms with E-state index in [-0.39, 0.29) is 47.4 Å². The molecule has 1 fully saturated rings. The number of rotatable bonds is 10. The van der Waals surface area contributed by atoms with Crippen molar-refractivity contribution in [3.05, 3.63) is 46.8 Å². The maximum atomic E-state index is 14.7. The average Bonchev–Trinajstić information content (AvgIpc) is 3.25. The fourth-order valence-corrected chi connectivity index (χ4v) is 6.32. The Balaban J connectivity index is 1.60. The number of halogens is 4. The van der Waals surface area contributed by atoms with Gasteiger partial charge in [0, 0.05) is 26.3 Å². The molecule has 2 atom stereocenters. The van der Waals surface area contributed by atoms with Gasteiger partial charge in [-0.1, -0.05) is 24.0 Å². The van der Waals surface area contributed by atoms with Crippen LogP contribution in [0.3, 0.4) is 0 Å². The predicted molar refractivity (Wildman–Crippen MR) is 157 cm³/mol. The van der Waals surface area contributed by atoms with Crippen molar-refractivity contribution in [3.8, 4) is 17.6 Å². The lowest BCUT2D eigenvalue weighted by molar-refractivity contribution is -0.126. The smallest absolute Gasteiger partial charge is 0.393 e. The molecule has 0 saturated carbocycles. The Hall–Kier alpha value is -3.09. The lowest BCUT2D eigenvalue weighted by Crippen LogP contribution is -2.46. The number of nitrogens with one attached hydrogen (secondary N) is 2. The standard InChI is InChI=1S/C28H32F4N4O4S2/c1-36-12-10-22(21(29)17-36)35-24-6-3-5-19-20(16-28(30,31)32)26(41-27(19)24)7-4-11-34-23-9-8-18(42(33,37)38)15-25(23)40-14-13-39-2/h3,5-6,8-9,15,21-22,34-35H,10-14,16-17H2,1-2H3,(H2,33,37,38). The van der Waals surface area contributed by atoms with E-state index in [2.05, 4.69) is 22.5 Å². The van der Waals surface area contributed by atoms with Gasteiger partial charge in [0.25, 0.3) is 0 Å². The molecule has 1 saturated heterocycles. The van der Waals surface area contributed by atoms with E-state index < -0.39 is 34.8 Å². The minimum atomic E-state index is -4.45. The summed E-state index contributed by atoms with van der Waals surface area (Å²) in [6.45, 7) is 1.42. The summed E-state index contributed by atoms with van der Waals surface area (Å²) in [5.74, 6) is 5.94. The van der Waals surface area contributed by atoms with E-state index in [0.717, 1.165) is 11.3 Å². The van der Waals surface area contributed by atoms with E-state index in [1.807, 2.05) is 11.9 Å². The fraction of sp³-hybridized carbons (Fsp3) is 0.429. The van der Waals surface area contributed by atoms with Crippen LogP contribution in [0.1, 0.15) is 16.9 Å². The Labute approximate surface area is 246 Å². The zero-order chi connectivity index (χ0) is 30.5. The molecule has 0 bridgehead atoms. The molecule has 1 aliphatic rings. The molecule has 14 heteroatoms. The first-order chi connectivity index (χ1) is 19.9. The number of fused-ring (bicyclic) bond motifs is 1. The zero-order valence-corrected chi connectivity index (χ0v) is 24.7. The summed E-state index contributed by atoms with van der Waals surface area (Å²) in [6.07, 6.45) is -6.15. The van der Waals surface area contributed by atoms with Crippen molar-refractivity contribution in [2.75, 3.05) is 57.6 Å². The number of nitrogens with zero attached hydrogens (tertiary/aromatic N) is 1. The number of methoxy groups -OCH3 is 1. The van der Waals surface area contributed by atoms with E-state index in [9.17, 15) is 26.0 Å². The van der Waals surface area contributed by atoms with Gasteiger partial charge in [-0.2, -0.15) is 13.2 Å². The summed E-state index contributed by atoms with van der Waals surface area (Å²) in [6, 6.07) is 8.64. The summed E-state index contributed by atoms with van der Waals surface area (Å²) < 4.78 is 90.2. The molecule has 228 valence electrons. The maximum Gasteiger partial charge on any atom is 0.393 e. The van der Waals surface area contributed by atoms with Gasteiger partial charge in [0.15, 0.2) is 0 Å². The molecule has 0 radical (unpaired) electrons. The molecule has 2 unspecified atom stereocenters. The van der Waals surface area contributed by atoms with E-state index in [1.54, 1.807) is 18.2 Å². The third-order valence-corrected chi connectivity index (χ3v) is 8.78. The lowest BCUT2D eigenvalue weighted by Gasteiger charge is -2.33. The van der Waals surface area contributed by atoms with Gasteiger partial charge < -0.3 is 25.0 Å². The number of hydrogen-bond donors (Lipinski definition) is 3. The van der Waals surface area contributed by atoms with Crippen LogP contribution in [-0.4, -0.2) is 78.7 Å². The number of ether oxygens (including phenoxy) is 2. The highest BCUT2D eigenvalue weighted by atomic mass is 32.2. The van der Waals surface area contributed by atoms with Crippen LogP contribution in [0, 0.1) is 11.8 Å². The summed E-state index contributed by atoms with van der Waals surface area (Å²) in [7, 11) is -0.631. The SMILES string of the molecule is COCCOc1cc(S(N)(=O)=O)ccc1NCC#Cc1sc2c(NC3CCN(C)CC3F)cccc2c1CC(F)(F)F. The van der Waals surface area contributed by atoms with Gasteiger partial charge in [-0.05, 0) is 42.6 Å². The van der Waals surface area contributed by atoms with Crippen molar-refractivity contribution >= 4 is 42.8 Å². The summed E-state index contributed by atoms with van der Waals surface area (Å²) in [5.41, 5.74) is 1.07. The number of primary sulfonamides is 1. The molecule has 0 amide bonds. The number of nitrogens with two attached hydrogens (primary N) is 1. The normalized spacial score (nSPS) is 18.0. The summed E-state index contributed by atoms with van der Waals surface area (Å²) in [4.78, 5) is 2.03. The van der Waals surface area contributed by atoms with Gasteiger partial charge in [-0.3, -0.25) is 0 Å². The molecule has 3 aromatic rings. The minimum Gasteiger partial charge on any atom is -0.489 e. The number of sulfonamides is 1.